The Morgan fingerprint density at radius 3 is 2.42 bits per heavy atom. The van der Waals surface area contributed by atoms with Crippen molar-refractivity contribution in [2.75, 3.05) is 14.2 Å². The number of methoxy groups -OCH3 is 1. The number of nitriles is 1. The van der Waals surface area contributed by atoms with Crippen molar-refractivity contribution < 1.29 is 9.53 Å². The molecule has 0 saturated carbocycles. The Bertz CT molecular complexity index is 1030. The van der Waals surface area contributed by atoms with Crippen LogP contribution in [0.5, 0.6) is 5.75 Å². The molecule has 3 aromatic rings. The molecule has 0 radical (unpaired) electrons. The molecular formula is C22H18N2O2. The van der Waals surface area contributed by atoms with Crippen LogP contribution in [0, 0.1) is 11.3 Å². The predicted octanol–water partition coefficient (Wildman–Crippen LogP) is 3.82. The molecule has 4 nitrogen and oxygen atoms in total. The normalized spacial score (nSPS) is 22.0. The molecule has 1 saturated heterocycles. The molecule has 26 heavy (non-hydrogen) atoms. The third-order valence-electron chi connectivity index (χ3n) is 5.29. The summed E-state index contributed by atoms with van der Waals surface area (Å²) in [6, 6.07) is 23.3. The number of likely N-dealkylation sites (tertiary alicyclic amines) is 1. The second-order valence-corrected chi connectivity index (χ2v) is 6.54. The van der Waals surface area contributed by atoms with Crippen LogP contribution in [0.15, 0.2) is 66.7 Å². The maximum atomic E-state index is 12.9. The van der Waals surface area contributed by atoms with Gasteiger partial charge in [-0.05, 0) is 34.0 Å². The van der Waals surface area contributed by atoms with Gasteiger partial charge >= 0.3 is 0 Å². The first-order valence-corrected chi connectivity index (χ1v) is 8.44. The Morgan fingerprint density at radius 2 is 1.73 bits per heavy atom. The van der Waals surface area contributed by atoms with Crippen LogP contribution in [0.2, 0.25) is 0 Å². The van der Waals surface area contributed by atoms with Crippen molar-refractivity contribution in [2.24, 2.45) is 0 Å². The fourth-order valence-corrected chi connectivity index (χ4v) is 3.98. The summed E-state index contributed by atoms with van der Waals surface area (Å²) in [6.45, 7) is 0. The van der Waals surface area contributed by atoms with Crippen LogP contribution in [0.4, 0.5) is 0 Å². The zero-order valence-electron chi connectivity index (χ0n) is 14.6. The van der Waals surface area contributed by atoms with Gasteiger partial charge in [0.1, 0.15) is 5.75 Å². The highest BCUT2D eigenvalue weighted by Crippen LogP contribution is 2.52. The number of ether oxygens (including phenoxy) is 1. The standard InChI is InChI=1S/C22H18N2O2/c1-24-20(19-9-5-7-15-6-3-4-8-18(15)19)22(14-23,21(24)25)16-10-12-17(26-2)13-11-16/h3-13,20H,1-2H3/t20-,22-/m1/s1. The molecule has 0 N–H and O–H groups in total. The Hall–Kier alpha value is -3.32. The largest absolute Gasteiger partial charge is 0.497 e. The second-order valence-electron chi connectivity index (χ2n) is 6.54. The first-order valence-electron chi connectivity index (χ1n) is 8.44. The highest BCUT2D eigenvalue weighted by atomic mass is 16.5. The predicted molar refractivity (Wildman–Crippen MR) is 99.7 cm³/mol. The van der Waals surface area contributed by atoms with Gasteiger partial charge in [0.25, 0.3) is 0 Å². The summed E-state index contributed by atoms with van der Waals surface area (Å²) in [7, 11) is 3.35. The highest BCUT2D eigenvalue weighted by molar-refractivity contribution is 6.01. The molecule has 2 atom stereocenters. The lowest BCUT2D eigenvalue weighted by molar-refractivity contribution is -0.153. The molecule has 128 valence electrons. The molecule has 3 aromatic carbocycles. The number of carbonyl (C=O) groups is 1. The zero-order chi connectivity index (χ0) is 18.3. The van der Waals surface area contributed by atoms with Gasteiger partial charge in [-0.25, -0.2) is 0 Å². The number of hydrogen-bond acceptors (Lipinski definition) is 3. The first kappa shape index (κ1) is 16.2. The minimum atomic E-state index is -1.22. The van der Waals surface area contributed by atoms with Crippen molar-refractivity contribution in [3.8, 4) is 11.8 Å². The van der Waals surface area contributed by atoms with E-state index in [9.17, 15) is 10.1 Å². The molecular weight excluding hydrogens is 324 g/mol. The Kier molecular flexibility index (Phi) is 3.66. The summed E-state index contributed by atoms with van der Waals surface area (Å²) >= 11 is 0. The van der Waals surface area contributed by atoms with Gasteiger partial charge in [0, 0.05) is 7.05 Å². The molecule has 1 aliphatic heterocycles. The second kappa shape index (κ2) is 5.89. The molecule has 0 aromatic heterocycles. The number of benzene rings is 3. The van der Waals surface area contributed by atoms with E-state index in [1.165, 1.54) is 0 Å². The van der Waals surface area contributed by atoms with Gasteiger partial charge in [0.15, 0.2) is 5.41 Å². The van der Waals surface area contributed by atoms with Crippen LogP contribution in [-0.4, -0.2) is 25.0 Å². The van der Waals surface area contributed by atoms with Gasteiger partial charge in [-0.1, -0.05) is 54.6 Å². The maximum absolute atomic E-state index is 12.9. The number of hydrogen-bond donors (Lipinski definition) is 0. The average molecular weight is 342 g/mol. The van der Waals surface area contributed by atoms with Gasteiger partial charge < -0.3 is 9.64 Å². The molecule has 0 spiro atoms. The minimum Gasteiger partial charge on any atom is -0.497 e. The SMILES string of the molecule is COc1ccc([C@@]2(C#N)C(=O)N(C)[C@@H]2c2cccc3ccccc23)cc1. The van der Waals surface area contributed by atoms with E-state index in [1.807, 2.05) is 54.6 Å². The van der Waals surface area contributed by atoms with Crippen LogP contribution >= 0.6 is 0 Å². The molecule has 1 amide bonds. The molecule has 0 bridgehead atoms. The Morgan fingerprint density at radius 1 is 1.04 bits per heavy atom. The Labute approximate surface area is 152 Å². The van der Waals surface area contributed by atoms with E-state index in [4.69, 9.17) is 4.74 Å². The van der Waals surface area contributed by atoms with E-state index in [2.05, 4.69) is 6.07 Å². The van der Waals surface area contributed by atoms with E-state index in [0.29, 0.717) is 11.3 Å². The lowest BCUT2D eigenvalue weighted by Gasteiger charge is -2.51. The minimum absolute atomic E-state index is 0.178. The lowest BCUT2D eigenvalue weighted by atomic mass is 9.64. The van der Waals surface area contributed by atoms with E-state index in [1.54, 1.807) is 31.2 Å². The summed E-state index contributed by atoms with van der Waals surface area (Å²) in [6.07, 6.45) is 0. The monoisotopic (exact) mass is 342 g/mol. The van der Waals surface area contributed by atoms with Crippen LogP contribution < -0.4 is 4.74 Å². The number of nitrogens with zero attached hydrogens (tertiary/aromatic N) is 2. The molecule has 1 heterocycles. The molecule has 0 aliphatic carbocycles. The van der Waals surface area contributed by atoms with Crippen LogP contribution in [0.3, 0.4) is 0 Å². The van der Waals surface area contributed by atoms with E-state index in [-0.39, 0.29) is 11.9 Å². The summed E-state index contributed by atoms with van der Waals surface area (Å²) in [4.78, 5) is 14.5. The van der Waals surface area contributed by atoms with Crippen LogP contribution in [0.25, 0.3) is 10.8 Å². The molecule has 1 fully saturated rings. The summed E-state index contributed by atoms with van der Waals surface area (Å²) < 4.78 is 5.21. The average Bonchev–Trinajstić information content (AvgIpc) is 2.71. The van der Waals surface area contributed by atoms with E-state index >= 15 is 0 Å². The fourth-order valence-electron chi connectivity index (χ4n) is 3.98. The van der Waals surface area contributed by atoms with Gasteiger partial charge in [0.05, 0.1) is 19.2 Å². The van der Waals surface area contributed by atoms with Crippen molar-refractivity contribution in [3.63, 3.8) is 0 Å². The Balaban J connectivity index is 1.91. The van der Waals surface area contributed by atoms with Gasteiger partial charge in [-0.15, -0.1) is 0 Å². The number of rotatable bonds is 3. The van der Waals surface area contributed by atoms with Crippen molar-refractivity contribution >= 4 is 16.7 Å². The zero-order valence-corrected chi connectivity index (χ0v) is 14.6. The highest BCUT2D eigenvalue weighted by Gasteiger charge is 2.62. The first-order chi connectivity index (χ1) is 12.6. The van der Waals surface area contributed by atoms with Crippen LogP contribution in [0.1, 0.15) is 17.2 Å². The number of carbonyl (C=O) groups excluding carboxylic acids is 1. The third-order valence-corrected chi connectivity index (χ3v) is 5.29. The number of amides is 1. The fraction of sp³-hybridized carbons (Fsp3) is 0.182. The number of β-lactam (4-membered cyclic amide) rings is 1. The third kappa shape index (κ3) is 2.04. The molecule has 4 rings (SSSR count). The van der Waals surface area contributed by atoms with Crippen molar-refractivity contribution in [3.05, 3.63) is 77.9 Å². The lowest BCUT2D eigenvalue weighted by Crippen LogP contribution is -2.63. The number of fused-ring (bicyclic) bond motifs is 1. The van der Waals surface area contributed by atoms with Gasteiger partial charge in [-0.2, -0.15) is 5.26 Å². The molecule has 0 unspecified atom stereocenters. The topological polar surface area (TPSA) is 53.3 Å². The summed E-state index contributed by atoms with van der Waals surface area (Å²) in [5.74, 6) is 0.520. The van der Waals surface area contributed by atoms with Gasteiger partial charge in [0.2, 0.25) is 5.91 Å². The van der Waals surface area contributed by atoms with Crippen molar-refractivity contribution in [2.45, 2.75) is 11.5 Å². The quantitative estimate of drug-likeness (QED) is 0.680. The summed E-state index contributed by atoms with van der Waals surface area (Å²) in [5.41, 5.74) is 0.468. The summed E-state index contributed by atoms with van der Waals surface area (Å²) in [5, 5.41) is 12.2. The molecule has 4 heteroatoms. The smallest absolute Gasteiger partial charge is 0.250 e. The number of likely N-dealkylation sites (N-methyl/N-ethyl adjacent to an activating group) is 1. The van der Waals surface area contributed by atoms with Crippen LogP contribution in [-0.2, 0) is 10.2 Å². The van der Waals surface area contributed by atoms with Crippen molar-refractivity contribution in [1.29, 1.82) is 5.26 Å². The molecule has 1 aliphatic rings. The van der Waals surface area contributed by atoms with E-state index in [0.717, 1.165) is 16.3 Å². The maximum Gasteiger partial charge on any atom is 0.250 e. The van der Waals surface area contributed by atoms with E-state index < -0.39 is 5.41 Å². The van der Waals surface area contributed by atoms with Crippen molar-refractivity contribution in [1.82, 2.24) is 4.90 Å². The van der Waals surface area contributed by atoms with Gasteiger partial charge in [-0.3, -0.25) is 4.79 Å².